The van der Waals surface area contributed by atoms with Crippen molar-refractivity contribution in [2.75, 3.05) is 0 Å². The van der Waals surface area contributed by atoms with E-state index in [-0.39, 0.29) is 18.1 Å². The van der Waals surface area contributed by atoms with Gasteiger partial charge >= 0.3 is 0 Å². The Morgan fingerprint density at radius 3 is 2.73 bits per heavy atom. The zero-order valence-corrected chi connectivity index (χ0v) is 12.3. The quantitative estimate of drug-likeness (QED) is 0.804. The number of rotatable bonds is 4. The van der Waals surface area contributed by atoms with Crippen molar-refractivity contribution in [3.8, 4) is 0 Å². The number of carbonyl (C=O) groups excluding carboxylic acids is 1. The zero-order valence-electron chi connectivity index (χ0n) is 11.6. The van der Waals surface area contributed by atoms with Gasteiger partial charge in [0.05, 0.1) is 12.1 Å². The van der Waals surface area contributed by atoms with E-state index in [0.717, 1.165) is 5.56 Å². The highest BCUT2D eigenvalue weighted by Crippen LogP contribution is 2.10. The van der Waals surface area contributed by atoms with E-state index in [0.29, 0.717) is 22.9 Å². The average Bonchev–Trinajstić information content (AvgIpc) is 2.88. The number of fused-ring (bicyclic) bond motifs is 1. The van der Waals surface area contributed by atoms with E-state index < -0.39 is 0 Å². The highest BCUT2D eigenvalue weighted by Gasteiger charge is 2.08. The lowest BCUT2D eigenvalue weighted by Gasteiger charge is -2.04. The third-order valence-electron chi connectivity index (χ3n) is 3.21. The molecule has 0 aliphatic rings. The standard InChI is InChI=1S/C16H13ClFN3O/c17-12-3-1-11(2-4-12)8-19-16(22)7-14-10-21-9-13(18)5-6-15(21)20-14/h1-6,9-10H,7-8H2,(H,19,22). The predicted octanol–water partition coefficient (Wildman–Crippen LogP) is 2.99. The molecule has 1 aromatic carbocycles. The van der Waals surface area contributed by atoms with Crippen molar-refractivity contribution in [1.29, 1.82) is 0 Å². The summed E-state index contributed by atoms with van der Waals surface area (Å²) in [6.07, 6.45) is 3.13. The molecule has 0 saturated heterocycles. The van der Waals surface area contributed by atoms with Crippen molar-refractivity contribution < 1.29 is 9.18 Å². The first-order chi connectivity index (χ1) is 10.6. The molecule has 3 rings (SSSR count). The Morgan fingerprint density at radius 1 is 1.18 bits per heavy atom. The molecule has 0 saturated carbocycles. The van der Waals surface area contributed by atoms with Crippen molar-refractivity contribution in [3.63, 3.8) is 0 Å². The van der Waals surface area contributed by atoms with Crippen LogP contribution >= 0.6 is 11.6 Å². The Hall–Kier alpha value is -2.40. The first-order valence-electron chi connectivity index (χ1n) is 6.74. The number of benzene rings is 1. The molecule has 0 bridgehead atoms. The molecule has 1 N–H and O–H groups in total. The number of pyridine rings is 1. The first kappa shape index (κ1) is 14.5. The molecule has 22 heavy (non-hydrogen) atoms. The second kappa shape index (κ2) is 6.15. The van der Waals surface area contributed by atoms with Crippen LogP contribution in [0.25, 0.3) is 5.65 Å². The largest absolute Gasteiger partial charge is 0.352 e. The van der Waals surface area contributed by atoms with Crippen molar-refractivity contribution >= 4 is 23.2 Å². The minimum atomic E-state index is -0.344. The van der Waals surface area contributed by atoms with Gasteiger partial charge in [0, 0.05) is 24.0 Å². The minimum absolute atomic E-state index is 0.140. The maximum Gasteiger partial charge on any atom is 0.226 e. The Labute approximate surface area is 131 Å². The van der Waals surface area contributed by atoms with Crippen LogP contribution in [0.2, 0.25) is 5.02 Å². The number of nitrogens with one attached hydrogen (secondary N) is 1. The summed E-state index contributed by atoms with van der Waals surface area (Å²) in [5, 5.41) is 3.48. The third-order valence-corrected chi connectivity index (χ3v) is 3.46. The number of nitrogens with zero attached hydrogens (tertiary/aromatic N) is 2. The van der Waals surface area contributed by atoms with Crippen molar-refractivity contribution in [2.45, 2.75) is 13.0 Å². The van der Waals surface area contributed by atoms with Gasteiger partial charge in [0.15, 0.2) is 0 Å². The summed E-state index contributed by atoms with van der Waals surface area (Å²) in [7, 11) is 0. The van der Waals surface area contributed by atoms with E-state index in [4.69, 9.17) is 11.6 Å². The summed E-state index contributed by atoms with van der Waals surface area (Å²) >= 11 is 5.81. The lowest BCUT2D eigenvalue weighted by molar-refractivity contribution is -0.120. The van der Waals surface area contributed by atoms with Gasteiger partial charge < -0.3 is 9.72 Å². The normalized spacial score (nSPS) is 10.8. The zero-order chi connectivity index (χ0) is 15.5. The number of hydrogen-bond donors (Lipinski definition) is 1. The molecule has 2 aromatic heterocycles. The summed E-state index contributed by atoms with van der Waals surface area (Å²) in [5.74, 6) is -0.484. The number of amides is 1. The molecule has 0 atom stereocenters. The SMILES string of the molecule is O=C(Cc1cn2cc(F)ccc2n1)NCc1ccc(Cl)cc1. The molecule has 0 aliphatic heterocycles. The van der Waals surface area contributed by atoms with Gasteiger partial charge in [-0.1, -0.05) is 23.7 Å². The second-order valence-corrected chi connectivity index (χ2v) is 5.36. The van der Waals surface area contributed by atoms with Gasteiger partial charge in [-0.3, -0.25) is 4.79 Å². The maximum absolute atomic E-state index is 13.1. The summed E-state index contributed by atoms with van der Waals surface area (Å²) in [6, 6.07) is 10.2. The minimum Gasteiger partial charge on any atom is -0.352 e. The van der Waals surface area contributed by atoms with Crippen molar-refractivity contribution in [3.05, 3.63) is 70.9 Å². The summed E-state index contributed by atoms with van der Waals surface area (Å²) in [5.41, 5.74) is 2.18. The predicted molar refractivity (Wildman–Crippen MR) is 82.2 cm³/mol. The summed E-state index contributed by atoms with van der Waals surface area (Å²) < 4.78 is 14.7. The fraction of sp³-hybridized carbons (Fsp3) is 0.125. The van der Waals surface area contributed by atoms with Crippen LogP contribution in [-0.4, -0.2) is 15.3 Å². The smallest absolute Gasteiger partial charge is 0.226 e. The van der Waals surface area contributed by atoms with Gasteiger partial charge in [-0.15, -0.1) is 0 Å². The molecule has 3 aromatic rings. The van der Waals surface area contributed by atoms with Gasteiger partial charge in [0.25, 0.3) is 0 Å². The average molecular weight is 318 g/mol. The summed E-state index contributed by atoms with van der Waals surface area (Å²) in [4.78, 5) is 16.2. The lowest BCUT2D eigenvalue weighted by Crippen LogP contribution is -2.24. The number of halogens is 2. The van der Waals surface area contributed by atoms with Gasteiger partial charge in [-0.2, -0.15) is 0 Å². The van der Waals surface area contributed by atoms with Gasteiger partial charge in [0.2, 0.25) is 5.91 Å². The fourth-order valence-electron chi connectivity index (χ4n) is 2.13. The third kappa shape index (κ3) is 3.43. The molecule has 4 nitrogen and oxygen atoms in total. The molecule has 2 heterocycles. The van der Waals surface area contributed by atoms with Gasteiger partial charge in [0.1, 0.15) is 11.5 Å². The lowest BCUT2D eigenvalue weighted by atomic mass is 10.2. The number of aromatic nitrogens is 2. The molecule has 0 unspecified atom stereocenters. The van der Waals surface area contributed by atoms with Crippen LogP contribution in [0.3, 0.4) is 0 Å². The van der Waals surface area contributed by atoms with Crippen LogP contribution in [0.5, 0.6) is 0 Å². The fourth-order valence-corrected chi connectivity index (χ4v) is 2.26. The highest BCUT2D eigenvalue weighted by atomic mass is 35.5. The molecular weight excluding hydrogens is 305 g/mol. The highest BCUT2D eigenvalue weighted by molar-refractivity contribution is 6.30. The molecule has 0 fully saturated rings. The Morgan fingerprint density at radius 2 is 1.95 bits per heavy atom. The van der Waals surface area contributed by atoms with Crippen LogP contribution in [-0.2, 0) is 17.8 Å². The Kier molecular flexibility index (Phi) is 4.06. The monoisotopic (exact) mass is 317 g/mol. The first-order valence-corrected chi connectivity index (χ1v) is 7.12. The van der Waals surface area contributed by atoms with E-state index in [1.54, 1.807) is 28.8 Å². The summed E-state index contributed by atoms with van der Waals surface area (Å²) in [6.45, 7) is 0.429. The topological polar surface area (TPSA) is 46.4 Å². The Balaban J connectivity index is 1.61. The number of hydrogen-bond acceptors (Lipinski definition) is 2. The molecule has 1 amide bonds. The van der Waals surface area contributed by atoms with Crippen molar-refractivity contribution in [1.82, 2.24) is 14.7 Å². The van der Waals surface area contributed by atoms with Crippen LogP contribution in [0, 0.1) is 5.82 Å². The Bertz CT molecular complexity index is 814. The molecule has 0 aliphatic carbocycles. The number of carbonyl (C=O) groups is 1. The van der Waals surface area contributed by atoms with E-state index in [1.807, 2.05) is 12.1 Å². The van der Waals surface area contributed by atoms with Crippen LogP contribution in [0.1, 0.15) is 11.3 Å². The van der Waals surface area contributed by atoms with E-state index in [1.165, 1.54) is 12.3 Å². The molecule has 0 spiro atoms. The molecule has 112 valence electrons. The van der Waals surface area contributed by atoms with E-state index in [9.17, 15) is 9.18 Å². The van der Waals surface area contributed by atoms with Crippen LogP contribution in [0.15, 0.2) is 48.8 Å². The van der Waals surface area contributed by atoms with Crippen LogP contribution < -0.4 is 5.32 Å². The van der Waals surface area contributed by atoms with Crippen molar-refractivity contribution in [2.24, 2.45) is 0 Å². The van der Waals surface area contributed by atoms with Crippen LogP contribution in [0.4, 0.5) is 4.39 Å². The second-order valence-electron chi connectivity index (χ2n) is 4.92. The van der Waals surface area contributed by atoms with E-state index in [2.05, 4.69) is 10.3 Å². The molecule has 6 heteroatoms. The van der Waals surface area contributed by atoms with Gasteiger partial charge in [-0.05, 0) is 29.8 Å². The van der Waals surface area contributed by atoms with Gasteiger partial charge in [-0.25, -0.2) is 9.37 Å². The molecular formula is C16H13ClFN3O. The maximum atomic E-state index is 13.1. The molecule has 0 radical (unpaired) electrons. The number of imidazole rings is 1. The van der Waals surface area contributed by atoms with E-state index >= 15 is 0 Å².